The molecule has 0 aliphatic carbocycles. The van der Waals surface area contributed by atoms with Crippen LogP contribution < -0.4 is 16.0 Å². The lowest BCUT2D eigenvalue weighted by molar-refractivity contribution is -0.143. The van der Waals surface area contributed by atoms with Gasteiger partial charge in [0.25, 0.3) is 0 Å². The molecule has 2 N–H and O–H groups in total. The number of fused-ring (bicyclic) bond motifs is 1. The van der Waals surface area contributed by atoms with Crippen LogP contribution in [0.3, 0.4) is 0 Å². The van der Waals surface area contributed by atoms with Gasteiger partial charge in [-0.05, 0) is 30.3 Å². The molecule has 2 aromatic carbocycles. The van der Waals surface area contributed by atoms with Crippen molar-refractivity contribution in [1.29, 1.82) is 0 Å². The van der Waals surface area contributed by atoms with Crippen LogP contribution in [0.15, 0.2) is 51.7 Å². The van der Waals surface area contributed by atoms with Crippen molar-refractivity contribution in [2.45, 2.75) is 0 Å². The Kier molecular flexibility index (Phi) is 4.79. The van der Waals surface area contributed by atoms with Gasteiger partial charge in [0.05, 0.1) is 5.52 Å². The van der Waals surface area contributed by atoms with Gasteiger partial charge in [0.1, 0.15) is 0 Å². The Morgan fingerprint density at radius 1 is 1.07 bits per heavy atom. The van der Waals surface area contributed by atoms with E-state index in [1.54, 1.807) is 12.1 Å². The Balaban J connectivity index is 1.37. The van der Waals surface area contributed by atoms with E-state index in [4.69, 9.17) is 16.0 Å². The van der Waals surface area contributed by atoms with Gasteiger partial charge < -0.3 is 19.5 Å². The quantitative estimate of drug-likeness (QED) is 0.641. The van der Waals surface area contributed by atoms with E-state index >= 15 is 0 Å². The zero-order chi connectivity index (χ0) is 19.7. The van der Waals surface area contributed by atoms with Crippen LogP contribution in [0.1, 0.15) is 0 Å². The van der Waals surface area contributed by atoms with E-state index in [-0.39, 0.29) is 0 Å². The number of halogens is 1. The van der Waals surface area contributed by atoms with Crippen LogP contribution in [0.25, 0.3) is 11.1 Å². The second kappa shape index (κ2) is 7.40. The highest BCUT2D eigenvalue weighted by molar-refractivity contribution is 6.39. The summed E-state index contributed by atoms with van der Waals surface area (Å²) in [5.74, 6) is -1.90. The summed E-state index contributed by atoms with van der Waals surface area (Å²) in [6.45, 7) is 2.09. The number of aromatic amines is 1. The third-order valence-electron chi connectivity index (χ3n) is 4.61. The summed E-state index contributed by atoms with van der Waals surface area (Å²) >= 11 is 6.03. The van der Waals surface area contributed by atoms with Gasteiger partial charge in [-0.15, -0.1) is 0 Å². The van der Waals surface area contributed by atoms with Crippen molar-refractivity contribution in [3.8, 4) is 0 Å². The van der Waals surface area contributed by atoms with Crippen LogP contribution in [0.4, 0.5) is 11.4 Å². The maximum Gasteiger partial charge on any atom is 0.417 e. The van der Waals surface area contributed by atoms with Gasteiger partial charge >= 0.3 is 17.6 Å². The maximum absolute atomic E-state index is 12.5. The molecule has 0 bridgehead atoms. The molecule has 3 aromatic rings. The number of carbonyl (C=O) groups is 2. The maximum atomic E-state index is 12.5. The average Bonchev–Trinajstić information content (AvgIpc) is 3.07. The van der Waals surface area contributed by atoms with Gasteiger partial charge in [-0.1, -0.05) is 17.7 Å². The van der Waals surface area contributed by atoms with E-state index < -0.39 is 17.6 Å². The van der Waals surface area contributed by atoms with Gasteiger partial charge in [0.15, 0.2) is 5.58 Å². The summed E-state index contributed by atoms with van der Waals surface area (Å²) in [6.07, 6.45) is 0. The van der Waals surface area contributed by atoms with Crippen LogP contribution in [0.5, 0.6) is 0 Å². The van der Waals surface area contributed by atoms with Crippen LogP contribution in [-0.2, 0) is 9.59 Å². The molecule has 1 aliphatic rings. The molecule has 28 heavy (non-hydrogen) atoms. The SMILES string of the molecule is O=C(Nc1ccc2[nH]c(=O)oc2c1)C(=O)N1CCN(c2cccc(Cl)c2)CC1. The topological polar surface area (TPSA) is 98.6 Å². The second-order valence-corrected chi connectivity index (χ2v) is 6.88. The number of aromatic nitrogens is 1. The van der Waals surface area contributed by atoms with E-state index in [0.717, 1.165) is 5.69 Å². The molecule has 8 nitrogen and oxygen atoms in total. The summed E-state index contributed by atoms with van der Waals surface area (Å²) in [6, 6.07) is 12.2. The Labute approximate surface area is 164 Å². The van der Waals surface area contributed by atoms with E-state index in [9.17, 15) is 14.4 Å². The van der Waals surface area contributed by atoms with Gasteiger partial charge in [-0.2, -0.15) is 0 Å². The van der Waals surface area contributed by atoms with Crippen molar-refractivity contribution in [2.24, 2.45) is 0 Å². The molecular formula is C19H17ClN4O4. The van der Waals surface area contributed by atoms with Gasteiger partial charge in [-0.25, -0.2) is 4.79 Å². The molecule has 144 valence electrons. The van der Waals surface area contributed by atoms with Crippen LogP contribution in [0, 0.1) is 0 Å². The summed E-state index contributed by atoms with van der Waals surface area (Å²) in [5.41, 5.74) is 2.20. The zero-order valence-corrected chi connectivity index (χ0v) is 15.5. The smallest absolute Gasteiger partial charge is 0.408 e. The first-order valence-electron chi connectivity index (χ1n) is 8.73. The highest BCUT2D eigenvalue weighted by atomic mass is 35.5. The molecule has 1 fully saturated rings. The molecule has 2 heterocycles. The molecular weight excluding hydrogens is 384 g/mol. The fourth-order valence-corrected chi connectivity index (χ4v) is 3.38. The highest BCUT2D eigenvalue weighted by Crippen LogP contribution is 2.21. The first-order valence-corrected chi connectivity index (χ1v) is 9.11. The predicted molar refractivity (Wildman–Crippen MR) is 106 cm³/mol. The Morgan fingerprint density at radius 2 is 1.86 bits per heavy atom. The lowest BCUT2D eigenvalue weighted by atomic mass is 10.2. The number of amides is 2. The molecule has 4 rings (SSSR count). The number of hydrogen-bond acceptors (Lipinski definition) is 5. The monoisotopic (exact) mass is 400 g/mol. The lowest BCUT2D eigenvalue weighted by Gasteiger charge is -2.35. The third kappa shape index (κ3) is 3.72. The molecule has 1 aromatic heterocycles. The summed E-state index contributed by atoms with van der Waals surface area (Å²) in [7, 11) is 0. The van der Waals surface area contributed by atoms with Crippen molar-refractivity contribution < 1.29 is 14.0 Å². The van der Waals surface area contributed by atoms with Crippen LogP contribution in [0.2, 0.25) is 5.02 Å². The molecule has 0 spiro atoms. The number of benzene rings is 2. The van der Waals surface area contributed by atoms with E-state index in [1.807, 2.05) is 24.3 Å². The Hall–Kier alpha value is -3.26. The Morgan fingerprint density at radius 3 is 2.61 bits per heavy atom. The van der Waals surface area contributed by atoms with Gasteiger partial charge in [0.2, 0.25) is 0 Å². The van der Waals surface area contributed by atoms with Crippen molar-refractivity contribution in [1.82, 2.24) is 9.88 Å². The molecule has 0 radical (unpaired) electrons. The molecule has 9 heteroatoms. The minimum atomic E-state index is -0.728. The molecule has 2 amide bonds. The minimum absolute atomic E-state index is 0.311. The fraction of sp³-hybridized carbons (Fsp3) is 0.211. The number of oxazole rings is 1. The normalized spacial score (nSPS) is 14.3. The molecule has 0 saturated carbocycles. The highest BCUT2D eigenvalue weighted by Gasteiger charge is 2.26. The number of anilines is 2. The molecule has 1 aliphatic heterocycles. The predicted octanol–water partition coefficient (Wildman–Crippen LogP) is 2.06. The third-order valence-corrected chi connectivity index (χ3v) is 4.85. The summed E-state index contributed by atoms with van der Waals surface area (Å²) in [5, 5.41) is 3.21. The largest absolute Gasteiger partial charge is 0.417 e. The number of hydrogen-bond donors (Lipinski definition) is 2. The van der Waals surface area contributed by atoms with E-state index in [0.29, 0.717) is 48.0 Å². The first-order chi connectivity index (χ1) is 13.5. The molecule has 0 unspecified atom stereocenters. The van der Waals surface area contributed by atoms with E-state index in [1.165, 1.54) is 11.0 Å². The number of nitrogens with one attached hydrogen (secondary N) is 2. The van der Waals surface area contributed by atoms with Crippen LogP contribution in [-0.4, -0.2) is 47.9 Å². The number of carbonyl (C=O) groups excluding carboxylic acids is 2. The van der Waals surface area contributed by atoms with Gasteiger partial charge in [0, 0.05) is 48.6 Å². The van der Waals surface area contributed by atoms with Gasteiger partial charge in [-0.3, -0.25) is 14.6 Å². The number of piperazine rings is 1. The van der Waals surface area contributed by atoms with Crippen molar-refractivity contribution in [3.63, 3.8) is 0 Å². The average molecular weight is 401 g/mol. The Bertz CT molecular complexity index is 1100. The second-order valence-electron chi connectivity index (χ2n) is 6.44. The van der Waals surface area contributed by atoms with Crippen LogP contribution >= 0.6 is 11.6 Å². The fourth-order valence-electron chi connectivity index (χ4n) is 3.19. The van der Waals surface area contributed by atoms with Crippen molar-refractivity contribution in [3.05, 3.63) is 58.0 Å². The number of H-pyrrole nitrogens is 1. The summed E-state index contributed by atoms with van der Waals surface area (Å²) in [4.78, 5) is 42.1. The number of nitrogens with zero attached hydrogens (tertiary/aromatic N) is 2. The lowest BCUT2D eigenvalue weighted by Crippen LogP contribution is -2.51. The van der Waals surface area contributed by atoms with Crippen molar-refractivity contribution in [2.75, 3.05) is 36.4 Å². The number of rotatable bonds is 2. The minimum Gasteiger partial charge on any atom is -0.408 e. The summed E-state index contributed by atoms with van der Waals surface area (Å²) < 4.78 is 4.96. The zero-order valence-electron chi connectivity index (χ0n) is 14.8. The van der Waals surface area contributed by atoms with Crippen molar-refractivity contribution >= 4 is 45.9 Å². The first kappa shape index (κ1) is 18.1. The standard InChI is InChI=1S/C19H17ClN4O4/c20-12-2-1-3-14(10-12)23-6-8-24(9-7-23)18(26)17(25)21-13-4-5-15-16(11-13)28-19(27)22-15/h1-5,10-11H,6-9H2,(H,21,25)(H,22,27). The molecule has 0 atom stereocenters. The molecule has 1 saturated heterocycles. The van der Waals surface area contributed by atoms with E-state index in [2.05, 4.69) is 15.2 Å².